The first kappa shape index (κ1) is 15.0. The molecule has 1 aliphatic heterocycles. The smallest absolute Gasteiger partial charge is 0.258 e. The molecule has 4 rings (SSSR count). The van der Waals surface area contributed by atoms with Crippen molar-refractivity contribution in [2.24, 2.45) is 0 Å². The van der Waals surface area contributed by atoms with Crippen molar-refractivity contribution in [2.45, 2.75) is 18.8 Å². The van der Waals surface area contributed by atoms with Crippen LogP contribution in [0.15, 0.2) is 42.6 Å². The number of anilines is 1. The summed E-state index contributed by atoms with van der Waals surface area (Å²) in [6.07, 6.45) is 3.65. The van der Waals surface area contributed by atoms with Crippen LogP contribution in [0.5, 0.6) is 0 Å². The molecule has 2 aromatic heterocycles. The normalized spacial score (nSPS) is 15.8. The second kappa shape index (κ2) is 6.16. The fraction of sp³-hybridized carbons (Fsp3) is 0.294. The fourth-order valence-electron chi connectivity index (χ4n) is 3.23. The number of nitro groups is 1. The van der Waals surface area contributed by atoms with Crippen molar-refractivity contribution in [1.29, 1.82) is 0 Å². The molecule has 7 heteroatoms. The van der Waals surface area contributed by atoms with Gasteiger partial charge in [-0.1, -0.05) is 12.1 Å². The molecule has 1 saturated heterocycles. The van der Waals surface area contributed by atoms with Crippen LogP contribution in [-0.4, -0.2) is 23.0 Å². The number of aromatic nitrogens is 2. The summed E-state index contributed by atoms with van der Waals surface area (Å²) >= 11 is 1.76. The number of aromatic amines is 1. The Morgan fingerprint density at radius 3 is 2.75 bits per heavy atom. The average Bonchev–Trinajstić information content (AvgIpc) is 3.06. The predicted molar refractivity (Wildman–Crippen MR) is 93.5 cm³/mol. The van der Waals surface area contributed by atoms with Crippen LogP contribution in [-0.2, 0) is 0 Å². The van der Waals surface area contributed by atoms with E-state index in [0.29, 0.717) is 11.7 Å². The Bertz CT molecular complexity index is 854. The van der Waals surface area contributed by atoms with E-state index < -0.39 is 0 Å². The Kier molecular flexibility index (Phi) is 3.86. The van der Waals surface area contributed by atoms with Gasteiger partial charge in [0, 0.05) is 12.0 Å². The van der Waals surface area contributed by atoms with Gasteiger partial charge in [-0.05, 0) is 31.0 Å². The Labute approximate surface area is 142 Å². The molecule has 24 heavy (non-hydrogen) atoms. The number of benzene rings is 1. The van der Waals surface area contributed by atoms with Gasteiger partial charge in [0.05, 0.1) is 39.4 Å². The number of para-hydroxylation sites is 1. The largest absolute Gasteiger partial charge is 0.357 e. The first-order valence-electron chi connectivity index (χ1n) is 7.98. The topological polar surface area (TPSA) is 73.4 Å². The first-order chi connectivity index (χ1) is 11.7. The lowest BCUT2D eigenvalue weighted by atomic mass is 9.97. The summed E-state index contributed by atoms with van der Waals surface area (Å²) in [4.78, 5) is 20.7. The zero-order chi connectivity index (χ0) is 16.5. The maximum Gasteiger partial charge on any atom is 0.357 e. The minimum atomic E-state index is -0.328. The molecule has 0 radical (unpaired) electrons. The van der Waals surface area contributed by atoms with Crippen LogP contribution in [0.3, 0.4) is 0 Å². The Morgan fingerprint density at radius 1 is 1.21 bits per heavy atom. The molecular formula is C17H17N4O2S+. The molecule has 1 fully saturated rings. The molecule has 122 valence electrons. The minimum absolute atomic E-state index is 0.135. The summed E-state index contributed by atoms with van der Waals surface area (Å²) in [5.41, 5.74) is 1.20. The number of nitrogens with zero attached hydrogens (tertiary/aromatic N) is 3. The number of piperidine rings is 1. The number of thiazole rings is 1. The van der Waals surface area contributed by atoms with Crippen LogP contribution in [0.2, 0.25) is 0 Å². The van der Waals surface area contributed by atoms with Gasteiger partial charge < -0.3 is 0 Å². The molecule has 6 nitrogen and oxygen atoms in total. The highest BCUT2D eigenvalue weighted by Gasteiger charge is 2.32. The lowest BCUT2D eigenvalue weighted by Gasteiger charge is -2.26. The highest BCUT2D eigenvalue weighted by molar-refractivity contribution is 7.18. The third kappa shape index (κ3) is 2.71. The fourth-order valence-corrected chi connectivity index (χ4v) is 4.37. The van der Waals surface area contributed by atoms with Gasteiger partial charge in [-0.15, -0.1) is 11.3 Å². The van der Waals surface area contributed by atoms with Crippen LogP contribution in [0.25, 0.3) is 10.2 Å². The SMILES string of the molecule is O=[N+]([O-])c1ccc[nH+]c1N1CCC(c2nc3ccccc3s2)CC1. The van der Waals surface area contributed by atoms with Crippen molar-refractivity contribution in [3.05, 3.63) is 57.7 Å². The molecule has 1 aliphatic rings. The van der Waals surface area contributed by atoms with Crippen LogP contribution >= 0.6 is 11.3 Å². The third-order valence-corrected chi connectivity index (χ3v) is 5.68. The van der Waals surface area contributed by atoms with E-state index in [2.05, 4.69) is 16.0 Å². The van der Waals surface area contributed by atoms with Crippen LogP contribution in [0.4, 0.5) is 11.5 Å². The molecule has 0 atom stereocenters. The number of hydrogen-bond donors (Lipinski definition) is 0. The van der Waals surface area contributed by atoms with E-state index in [1.54, 1.807) is 29.7 Å². The summed E-state index contributed by atoms with van der Waals surface area (Å²) in [5.74, 6) is 1.03. The second-order valence-electron chi connectivity index (χ2n) is 5.94. The van der Waals surface area contributed by atoms with Crippen molar-refractivity contribution in [3.8, 4) is 0 Å². The van der Waals surface area contributed by atoms with E-state index in [-0.39, 0.29) is 10.6 Å². The zero-order valence-electron chi connectivity index (χ0n) is 13.0. The molecule has 3 heterocycles. The quantitative estimate of drug-likeness (QED) is 0.540. The lowest BCUT2D eigenvalue weighted by Crippen LogP contribution is -2.36. The maximum absolute atomic E-state index is 11.2. The maximum atomic E-state index is 11.2. The molecule has 0 spiro atoms. The van der Waals surface area contributed by atoms with Gasteiger partial charge in [0.15, 0.2) is 0 Å². The summed E-state index contributed by atoms with van der Waals surface area (Å²) in [7, 11) is 0. The molecular weight excluding hydrogens is 324 g/mol. The molecule has 0 unspecified atom stereocenters. The van der Waals surface area contributed by atoms with E-state index in [4.69, 9.17) is 4.98 Å². The Morgan fingerprint density at radius 2 is 2.00 bits per heavy atom. The Hall–Kier alpha value is -2.54. The molecule has 1 aromatic carbocycles. The standard InChI is InChI=1S/C17H16N4O2S/c22-21(23)14-5-3-9-18-16(14)20-10-7-12(8-11-20)17-19-13-4-1-2-6-15(13)24-17/h1-6,9,12H,7-8,10-11H2/p+1. The van der Waals surface area contributed by atoms with Gasteiger partial charge in [-0.2, -0.15) is 0 Å². The van der Waals surface area contributed by atoms with E-state index in [9.17, 15) is 10.1 Å². The molecule has 0 saturated carbocycles. The number of H-pyrrole nitrogens is 1. The second-order valence-corrected chi connectivity index (χ2v) is 7.00. The lowest BCUT2D eigenvalue weighted by molar-refractivity contribution is -0.411. The number of nitrogens with one attached hydrogen (secondary N) is 1. The van der Waals surface area contributed by atoms with E-state index >= 15 is 0 Å². The summed E-state index contributed by atoms with van der Waals surface area (Å²) < 4.78 is 1.22. The van der Waals surface area contributed by atoms with E-state index in [1.165, 1.54) is 9.71 Å². The van der Waals surface area contributed by atoms with Crippen molar-refractivity contribution in [1.82, 2.24) is 4.98 Å². The highest BCUT2D eigenvalue weighted by Crippen LogP contribution is 2.35. The monoisotopic (exact) mass is 341 g/mol. The molecule has 3 aromatic rings. The number of fused-ring (bicyclic) bond motifs is 1. The van der Waals surface area contributed by atoms with Gasteiger partial charge in [-0.25, -0.2) is 9.97 Å². The van der Waals surface area contributed by atoms with Crippen molar-refractivity contribution < 1.29 is 9.91 Å². The first-order valence-corrected chi connectivity index (χ1v) is 8.79. The minimum Gasteiger partial charge on any atom is -0.258 e. The van der Waals surface area contributed by atoms with Crippen LogP contribution < -0.4 is 9.88 Å². The van der Waals surface area contributed by atoms with Crippen molar-refractivity contribution >= 4 is 33.1 Å². The van der Waals surface area contributed by atoms with Gasteiger partial charge in [-0.3, -0.25) is 15.0 Å². The summed E-state index contributed by atoms with van der Waals surface area (Å²) in [5, 5.41) is 12.4. The van der Waals surface area contributed by atoms with Crippen LogP contribution in [0, 0.1) is 10.1 Å². The predicted octanol–water partition coefficient (Wildman–Crippen LogP) is 3.40. The highest BCUT2D eigenvalue weighted by atomic mass is 32.1. The average molecular weight is 341 g/mol. The van der Waals surface area contributed by atoms with Crippen molar-refractivity contribution in [2.75, 3.05) is 18.0 Å². The molecule has 0 bridgehead atoms. The van der Waals surface area contributed by atoms with Gasteiger partial charge >= 0.3 is 11.5 Å². The number of pyridine rings is 1. The molecule has 0 amide bonds. The van der Waals surface area contributed by atoms with Crippen LogP contribution in [0.1, 0.15) is 23.8 Å². The third-order valence-electron chi connectivity index (χ3n) is 4.48. The van der Waals surface area contributed by atoms with E-state index in [1.807, 2.05) is 18.2 Å². The molecule has 1 N–H and O–H groups in total. The zero-order valence-corrected chi connectivity index (χ0v) is 13.8. The molecule has 0 aliphatic carbocycles. The summed E-state index contributed by atoms with van der Waals surface area (Å²) in [6, 6.07) is 11.4. The van der Waals surface area contributed by atoms with E-state index in [0.717, 1.165) is 31.4 Å². The van der Waals surface area contributed by atoms with Gasteiger partial charge in [0.1, 0.15) is 0 Å². The van der Waals surface area contributed by atoms with Gasteiger partial charge in [0.2, 0.25) is 0 Å². The number of hydrogen-bond acceptors (Lipinski definition) is 5. The number of rotatable bonds is 3. The van der Waals surface area contributed by atoms with Crippen molar-refractivity contribution in [3.63, 3.8) is 0 Å². The summed E-state index contributed by atoms with van der Waals surface area (Å²) in [6.45, 7) is 1.59. The van der Waals surface area contributed by atoms with Gasteiger partial charge in [0.25, 0.3) is 0 Å². The Balaban J connectivity index is 1.52.